The van der Waals surface area contributed by atoms with Crippen LogP contribution in [-0.2, 0) is 21.9 Å². The summed E-state index contributed by atoms with van der Waals surface area (Å²) in [4.78, 5) is 50.7. The third-order valence-corrected chi connectivity index (χ3v) is 6.11. The fraction of sp³-hybridized carbons (Fsp3) is 0.333. The van der Waals surface area contributed by atoms with Crippen LogP contribution in [0, 0.1) is 0 Å². The van der Waals surface area contributed by atoms with E-state index in [0.717, 1.165) is 46.2 Å². The summed E-state index contributed by atoms with van der Waals surface area (Å²) in [7, 11) is 0. The largest absolute Gasteiger partial charge is 0.416 e. The molecule has 0 unspecified atom stereocenters. The van der Waals surface area contributed by atoms with E-state index in [1.807, 2.05) is 0 Å². The molecule has 0 N–H and O–H groups in total. The molecule has 36 heavy (non-hydrogen) atoms. The van der Waals surface area contributed by atoms with Gasteiger partial charge in [0.05, 0.1) is 33.6 Å². The van der Waals surface area contributed by atoms with Crippen molar-refractivity contribution in [3.05, 3.63) is 58.7 Å². The van der Waals surface area contributed by atoms with Gasteiger partial charge in [-0.2, -0.15) is 26.3 Å². The van der Waals surface area contributed by atoms with Gasteiger partial charge in [-0.1, -0.05) is 12.8 Å². The van der Waals surface area contributed by atoms with Gasteiger partial charge < -0.3 is 9.80 Å². The van der Waals surface area contributed by atoms with Crippen molar-refractivity contribution in [2.75, 3.05) is 22.9 Å². The van der Waals surface area contributed by atoms with Gasteiger partial charge in [0, 0.05) is 13.1 Å². The van der Waals surface area contributed by atoms with Gasteiger partial charge in [-0.05, 0) is 49.2 Å². The van der Waals surface area contributed by atoms with Crippen molar-refractivity contribution in [2.24, 2.45) is 0 Å². The normalized spacial score (nSPS) is 15.7. The molecule has 6 nitrogen and oxygen atoms in total. The number of anilines is 2. The topological polar surface area (TPSA) is 74.8 Å². The maximum Gasteiger partial charge on any atom is 0.416 e. The van der Waals surface area contributed by atoms with E-state index in [4.69, 9.17) is 0 Å². The first kappa shape index (κ1) is 25.4. The highest BCUT2D eigenvalue weighted by Crippen LogP contribution is 2.38. The van der Waals surface area contributed by atoms with Gasteiger partial charge in [0.2, 0.25) is 0 Å². The van der Waals surface area contributed by atoms with Crippen LogP contribution in [-0.4, -0.2) is 36.5 Å². The molecule has 0 bridgehead atoms. The molecule has 12 heteroatoms. The molecule has 2 aromatic carbocycles. The van der Waals surface area contributed by atoms with Crippen LogP contribution in [0.1, 0.15) is 57.5 Å². The van der Waals surface area contributed by atoms with Crippen molar-refractivity contribution >= 4 is 34.8 Å². The summed E-state index contributed by atoms with van der Waals surface area (Å²) in [6.07, 6.45) is -7.70. The first-order valence-corrected chi connectivity index (χ1v) is 11.0. The highest BCUT2D eigenvalue weighted by atomic mass is 19.4. The lowest BCUT2D eigenvalue weighted by atomic mass is 10.1. The molecule has 2 aromatic rings. The molecule has 0 radical (unpaired) electrons. The average Bonchev–Trinajstić information content (AvgIpc) is 3.19. The number of unbranched alkanes of at least 4 members (excludes halogenated alkanes) is 3. The second kappa shape index (κ2) is 9.07. The van der Waals surface area contributed by atoms with Crippen molar-refractivity contribution in [1.82, 2.24) is 0 Å². The monoisotopic (exact) mass is 512 g/mol. The van der Waals surface area contributed by atoms with E-state index >= 15 is 0 Å². The Morgan fingerprint density at radius 3 is 1.25 bits per heavy atom. The van der Waals surface area contributed by atoms with Gasteiger partial charge in [-0.25, -0.2) is 0 Å². The number of rotatable bonds is 7. The standard InChI is InChI=1S/C24H18F6N2O4/c25-23(26,27)13-5-7-15-17(11-13)31(21(35)19(15)33)9-3-1-2-4-10-32-18-12-14(24(28,29)30)6-8-16(18)20(34)22(32)36/h5-8,11-12H,1-4,9-10H2. The number of carbonyl (C=O) groups excluding carboxylic acids is 4. The molecule has 2 heterocycles. The van der Waals surface area contributed by atoms with Crippen molar-refractivity contribution in [3.8, 4) is 0 Å². The van der Waals surface area contributed by atoms with Gasteiger partial charge in [0.15, 0.2) is 0 Å². The molecule has 190 valence electrons. The lowest BCUT2D eigenvalue weighted by Crippen LogP contribution is -2.31. The Hall–Kier alpha value is -3.70. The molecule has 2 aliphatic heterocycles. The molecule has 0 atom stereocenters. The Bertz CT molecular complexity index is 1170. The minimum Gasteiger partial charge on any atom is -0.305 e. The number of amides is 2. The summed E-state index contributed by atoms with van der Waals surface area (Å²) in [6.45, 7) is -0.00438. The van der Waals surface area contributed by atoms with Gasteiger partial charge in [0.1, 0.15) is 0 Å². The summed E-state index contributed by atoms with van der Waals surface area (Å²) in [5.41, 5.74) is -2.35. The van der Waals surface area contributed by atoms with Crippen molar-refractivity contribution < 1.29 is 45.5 Å². The molecule has 2 amide bonds. The predicted octanol–water partition coefficient (Wildman–Crippen LogP) is 5.04. The number of nitrogens with zero attached hydrogens (tertiary/aromatic N) is 2. The summed E-state index contributed by atoms with van der Waals surface area (Å²) in [6, 6.07) is 4.98. The maximum absolute atomic E-state index is 13.0. The van der Waals surface area contributed by atoms with Crippen LogP contribution in [0.15, 0.2) is 36.4 Å². The lowest BCUT2D eigenvalue weighted by Gasteiger charge is -2.19. The first-order valence-electron chi connectivity index (χ1n) is 11.0. The van der Waals surface area contributed by atoms with Crippen molar-refractivity contribution in [2.45, 2.75) is 38.0 Å². The summed E-state index contributed by atoms with van der Waals surface area (Å²) >= 11 is 0. The third kappa shape index (κ3) is 4.59. The van der Waals surface area contributed by atoms with Crippen LogP contribution < -0.4 is 9.80 Å². The molecule has 0 aliphatic carbocycles. The first-order chi connectivity index (χ1) is 16.8. The fourth-order valence-electron chi connectivity index (χ4n) is 4.28. The van der Waals surface area contributed by atoms with Crippen LogP contribution in [0.4, 0.5) is 37.7 Å². The quantitative estimate of drug-likeness (QED) is 0.296. The van der Waals surface area contributed by atoms with Gasteiger partial charge in [-0.15, -0.1) is 0 Å². The van der Waals surface area contributed by atoms with E-state index in [-0.39, 0.29) is 35.6 Å². The Morgan fingerprint density at radius 1 is 0.556 bits per heavy atom. The Labute approximate surface area is 200 Å². The highest BCUT2D eigenvalue weighted by molar-refractivity contribution is 6.52. The number of hydrogen-bond donors (Lipinski definition) is 0. The fourth-order valence-corrected chi connectivity index (χ4v) is 4.28. The smallest absolute Gasteiger partial charge is 0.305 e. The highest BCUT2D eigenvalue weighted by Gasteiger charge is 2.40. The van der Waals surface area contributed by atoms with E-state index < -0.39 is 46.9 Å². The Balaban J connectivity index is 1.34. The Morgan fingerprint density at radius 2 is 0.917 bits per heavy atom. The number of halogens is 6. The average molecular weight is 512 g/mol. The predicted molar refractivity (Wildman–Crippen MR) is 115 cm³/mol. The number of carbonyl (C=O) groups is 4. The summed E-state index contributed by atoms with van der Waals surface area (Å²) in [5, 5.41) is 0. The SMILES string of the molecule is O=C1C(=O)N(CCCCCCN2C(=O)C(=O)c3ccc(C(F)(F)F)cc32)c2cc(C(F)(F)F)ccc21. The molecule has 4 rings (SSSR count). The maximum atomic E-state index is 13.0. The summed E-state index contributed by atoms with van der Waals surface area (Å²) in [5.74, 6) is -3.59. The Kier molecular flexibility index (Phi) is 6.40. The van der Waals surface area contributed by atoms with Crippen LogP contribution in [0.5, 0.6) is 0 Å². The zero-order valence-corrected chi connectivity index (χ0v) is 18.5. The van der Waals surface area contributed by atoms with E-state index in [2.05, 4.69) is 0 Å². The van der Waals surface area contributed by atoms with E-state index in [1.54, 1.807) is 0 Å². The van der Waals surface area contributed by atoms with Gasteiger partial charge >= 0.3 is 12.4 Å². The minimum atomic E-state index is -4.64. The lowest BCUT2D eigenvalue weighted by molar-refractivity contribution is -0.138. The summed E-state index contributed by atoms with van der Waals surface area (Å²) < 4.78 is 78.2. The van der Waals surface area contributed by atoms with Crippen LogP contribution in [0.25, 0.3) is 0 Å². The molecule has 0 saturated carbocycles. The van der Waals surface area contributed by atoms with E-state index in [1.165, 1.54) is 0 Å². The van der Waals surface area contributed by atoms with Crippen molar-refractivity contribution in [3.63, 3.8) is 0 Å². The number of ketones is 2. The van der Waals surface area contributed by atoms with E-state index in [9.17, 15) is 45.5 Å². The second-order valence-electron chi connectivity index (χ2n) is 8.45. The van der Waals surface area contributed by atoms with Gasteiger partial charge in [0.25, 0.3) is 23.4 Å². The molecule has 0 spiro atoms. The number of hydrogen-bond acceptors (Lipinski definition) is 4. The molecule has 0 fully saturated rings. The third-order valence-electron chi connectivity index (χ3n) is 6.11. The van der Waals surface area contributed by atoms with E-state index in [0.29, 0.717) is 25.7 Å². The van der Waals surface area contributed by atoms with Crippen LogP contribution in [0.2, 0.25) is 0 Å². The number of fused-ring (bicyclic) bond motifs is 2. The number of benzene rings is 2. The van der Waals surface area contributed by atoms with Crippen LogP contribution in [0.3, 0.4) is 0 Å². The zero-order valence-electron chi connectivity index (χ0n) is 18.5. The molecule has 0 aromatic heterocycles. The molecule has 2 aliphatic rings. The molecular formula is C24H18F6N2O4. The molecule has 0 saturated heterocycles. The number of Topliss-reactive ketones (excluding diaryl/α,β-unsaturated/α-hetero) is 2. The number of alkyl halides is 6. The zero-order chi connectivity index (χ0) is 26.4. The van der Waals surface area contributed by atoms with Crippen molar-refractivity contribution in [1.29, 1.82) is 0 Å². The van der Waals surface area contributed by atoms with Crippen LogP contribution >= 0.6 is 0 Å². The molecular weight excluding hydrogens is 494 g/mol. The minimum absolute atomic E-state index is 0.00219. The second-order valence-corrected chi connectivity index (χ2v) is 8.45. The van der Waals surface area contributed by atoms with Gasteiger partial charge in [-0.3, -0.25) is 19.2 Å².